The number of fused-ring (bicyclic) bond motifs is 5. The van der Waals surface area contributed by atoms with Crippen LogP contribution in [-0.2, 0) is 25.8 Å². The van der Waals surface area contributed by atoms with E-state index in [4.69, 9.17) is 4.84 Å². The van der Waals surface area contributed by atoms with Gasteiger partial charge in [-0.1, -0.05) is 48.5 Å². The van der Waals surface area contributed by atoms with Crippen LogP contribution in [0.4, 0.5) is 5.69 Å². The van der Waals surface area contributed by atoms with E-state index in [2.05, 4.69) is 24.3 Å². The van der Waals surface area contributed by atoms with Crippen molar-refractivity contribution in [3.8, 4) is 0 Å². The Balaban J connectivity index is 1.34. The van der Waals surface area contributed by atoms with Crippen molar-refractivity contribution in [2.45, 2.75) is 51.2 Å². The zero-order valence-corrected chi connectivity index (χ0v) is 17.4. The summed E-state index contributed by atoms with van der Waals surface area (Å²) in [4.78, 5) is 44.2. The summed E-state index contributed by atoms with van der Waals surface area (Å²) >= 11 is 0. The highest BCUT2D eigenvalue weighted by atomic mass is 16.7. The van der Waals surface area contributed by atoms with Crippen LogP contribution >= 0.6 is 0 Å². The minimum atomic E-state index is -0.414. The summed E-state index contributed by atoms with van der Waals surface area (Å²) in [6.45, 7) is 2.30. The molecule has 0 saturated carbocycles. The second-order valence-electron chi connectivity index (χ2n) is 8.33. The van der Waals surface area contributed by atoms with Crippen LogP contribution in [0.15, 0.2) is 54.6 Å². The van der Waals surface area contributed by atoms with Crippen molar-refractivity contribution in [1.82, 2.24) is 5.06 Å². The van der Waals surface area contributed by atoms with Gasteiger partial charge < -0.3 is 4.90 Å². The van der Waals surface area contributed by atoms with E-state index in [-0.39, 0.29) is 37.0 Å². The second kappa shape index (κ2) is 7.78. The van der Waals surface area contributed by atoms with Gasteiger partial charge in [-0.2, -0.15) is 5.06 Å². The Hall–Kier alpha value is -3.25. The first kappa shape index (κ1) is 19.7. The van der Waals surface area contributed by atoms with Crippen molar-refractivity contribution < 1.29 is 19.2 Å². The number of carbonyl (C=O) groups excluding carboxylic acids is 3. The standard InChI is InChI=1S/C25H24N2O4/c1-16(31-27-24(29)12-13-25(27)30)10-11-23(28)26-15-17-6-2-3-7-18(17)20-14-21(20)19-8-4-5-9-22(19)26/h2-9,14,16,20H,10-13,15H2,1H3. The predicted molar refractivity (Wildman–Crippen MR) is 116 cm³/mol. The molecular weight excluding hydrogens is 392 g/mol. The molecule has 2 atom stereocenters. The number of hydrogen-bond acceptors (Lipinski definition) is 4. The molecule has 1 fully saturated rings. The molecular formula is C25H24N2O4. The summed E-state index contributed by atoms with van der Waals surface area (Å²) in [5.74, 6) is -0.301. The number of allylic oxidation sites excluding steroid dienone is 2. The Kier molecular flexibility index (Phi) is 4.94. The Bertz CT molecular complexity index is 1090. The number of rotatable bonds is 5. The van der Waals surface area contributed by atoms with Gasteiger partial charge in [0.2, 0.25) is 5.91 Å². The second-order valence-corrected chi connectivity index (χ2v) is 8.33. The predicted octanol–water partition coefficient (Wildman–Crippen LogP) is 3.96. The van der Waals surface area contributed by atoms with Crippen LogP contribution < -0.4 is 4.90 Å². The maximum Gasteiger partial charge on any atom is 0.254 e. The average molecular weight is 416 g/mol. The molecule has 0 aromatic heterocycles. The van der Waals surface area contributed by atoms with E-state index < -0.39 is 6.10 Å². The zero-order chi connectivity index (χ0) is 21.5. The van der Waals surface area contributed by atoms with Crippen LogP contribution in [0.3, 0.4) is 0 Å². The Labute approximate surface area is 181 Å². The molecule has 0 N–H and O–H groups in total. The molecule has 158 valence electrons. The summed E-state index contributed by atoms with van der Waals surface area (Å²) in [6, 6.07) is 16.3. The van der Waals surface area contributed by atoms with Gasteiger partial charge in [0.25, 0.3) is 11.8 Å². The van der Waals surface area contributed by atoms with Gasteiger partial charge in [-0.05, 0) is 36.1 Å². The van der Waals surface area contributed by atoms with Crippen molar-refractivity contribution in [2.24, 2.45) is 0 Å². The van der Waals surface area contributed by atoms with Gasteiger partial charge in [-0.15, -0.1) is 0 Å². The molecule has 31 heavy (non-hydrogen) atoms. The maximum atomic E-state index is 13.3. The van der Waals surface area contributed by atoms with E-state index in [0.717, 1.165) is 21.9 Å². The lowest BCUT2D eigenvalue weighted by molar-refractivity contribution is -0.201. The quantitative estimate of drug-likeness (QED) is 0.692. The van der Waals surface area contributed by atoms with Crippen molar-refractivity contribution in [3.63, 3.8) is 0 Å². The van der Waals surface area contributed by atoms with E-state index >= 15 is 0 Å². The SMILES string of the molecule is CC(CCC(=O)N1Cc2ccccc2C2C=C2c2ccccc21)ON1C(=O)CCC1=O. The fraction of sp³-hybridized carbons (Fsp3) is 0.320. The largest absolute Gasteiger partial charge is 0.307 e. The molecule has 6 nitrogen and oxygen atoms in total. The third-order valence-electron chi connectivity index (χ3n) is 6.15. The molecule has 0 radical (unpaired) electrons. The number of amides is 3. The van der Waals surface area contributed by atoms with Crippen LogP contribution in [0.25, 0.3) is 5.57 Å². The minimum Gasteiger partial charge on any atom is -0.307 e. The van der Waals surface area contributed by atoms with Crippen LogP contribution in [0.5, 0.6) is 0 Å². The highest BCUT2D eigenvalue weighted by Crippen LogP contribution is 2.51. The Morgan fingerprint density at radius 2 is 1.77 bits per heavy atom. The summed E-state index contributed by atoms with van der Waals surface area (Å²) in [6.07, 6.45) is 2.89. The summed E-state index contributed by atoms with van der Waals surface area (Å²) in [5, 5.41) is 0.858. The molecule has 2 heterocycles. The Morgan fingerprint density at radius 1 is 1.06 bits per heavy atom. The molecule has 0 bridgehead atoms. The van der Waals surface area contributed by atoms with Crippen LogP contribution in [0, 0.1) is 0 Å². The van der Waals surface area contributed by atoms with Gasteiger partial charge in [0, 0.05) is 30.7 Å². The molecule has 5 rings (SSSR count). The van der Waals surface area contributed by atoms with Gasteiger partial charge in [-0.3, -0.25) is 19.2 Å². The van der Waals surface area contributed by atoms with Crippen molar-refractivity contribution in [3.05, 3.63) is 71.3 Å². The molecule has 0 spiro atoms. The number of carbonyl (C=O) groups is 3. The monoisotopic (exact) mass is 416 g/mol. The van der Waals surface area contributed by atoms with Gasteiger partial charge in [0.05, 0.1) is 18.3 Å². The van der Waals surface area contributed by atoms with E-state index in [1.807, 2.05) is 35.2 Å². The number of anilines is 1. The van der Waals surface area contributed by atoms with Crippen LogP contribution in [-0.4, -0.2) is 28.9 Å². The maximum absolute atomic E-state index is 13.3. The highest BCUT2D eigenvalue weighted by molar-refractivity contribution is 6.01. The van der Waals surface area contributed by atoms with Crippen LogP contribution in [0.2, 0.25) is 0 Å². The van der Waals surface area contributed by atoms with Gasteiger partial charge >= 0.3 is 0 Å². The van der Waals surface area contributed by atoms with E-state index in [1.54, 1.807) is 6.92 Å². The lowest BCUT2D eigenvalue weighted by Crippen LogP contribution is -2.35. The van der Waals surface area contributed by atoms with E-state index in [9.17, 15) is 14.4 Å². The normalized spacial score (nSPS) is 20.3. The first-order valence-electron chi connectivity index (χ1n) is 10.7. The molecule has 3 amide bonds. The highest BCUT2D eigenvalue weighted by Gasteiger charge is 2.36. The number of para-hydroxylation sites is 1. The smallest absolute Gasteiger partial charge is 0.254 e. The van der Waals surface area contributed by atoms with E-state index in [0.29, 0.717) is 18.9 Å². The van der Waals surface area contributed by atoms with Crippen molar-refractivity contribution >= 4 is 29.0 Å². The minimum absolute atomic E-state index is 0.00326. The average Bonchev–Trinajstić information content (AvgIpc) is 3.50. The first-order valence-corrected chi connectivity index (χ1v) is 10.7. The molecule has 2 aromatic carbocycles. The van der Waals surface area contributed by atoms with Crippen LogP contribution in [0.1, 0.15) is 55.2 Å². The fourth-order valence-corrected chi connectivity index (χ4v) is 4.43. The van der Waals surface area contributed by atoms with Crippen molar-refractivity contribution in [1.29, 1.82) is 0 Å². The van der Waals surface area contributed by atoms with Gasteiger partial charge in [0.15, 0.2) is 0 Å². The topological polar surface area (TPSA) is 66.9 Å². The number of hydrogen-bond donors (Lipinski definition) is 0. The fourth-order valence-electron chi connectivity index (χ4n) is 4.43. The summed E-state index contributed by atoms with van der Waals surface area (Å²) in [5.41, 5.74) is 5.71. The third-order valence-corrected chi connectivity index (χ3v) is 6.15. The number of hydroxylamine groups is 2. The molecule has 3 aliphatic rings. The van der Waals surface area contributed by atoms with Gasteiger partial charge in [0.1, 0.15) is 0 Å². The molecule has 6 heteroatoms. The summed E-state index contributed by atoms with van der Waals surface area (Å²) in [7, 11) is 0. The lowest BCUT2D eigenvalue weighted by atomic mass is 9.94. The first-order chi connectivity index (χ1) is 15.0. The summed E-state index contributed by atoms with van der Waals surface area (Å²) < 4.78 is 0. The van der Waals surface area contributed by atoms with Gasteiger partial charge in [-0.25, -0.2) is 0 Å². The zero-order valence-electron chi connectivity index (χ0n) is 17.4. The number of imide groups is 1. The number of benzene rings is 2. The number of nitrogens with zero attached hydrogens (tertiary/aromatic N) is 2. The molecule has 1 saturated heterocycles. The molecule has 1 aliphatic carbocycles. The molecule has 2 aromatic rings. The van der Waals surface area contributed by atoms with Crippen molar-refractivity contribution in [2.75, 3.05) is 4.90 Å². The third kappa shape index (κ3) is 3.68. The van der Waals surface area contributed by atoms with E-state index in [1.165, 1.54) is 11.1 Å². The Morgan fingerprint density at radius 3 is 2.58 bits per heavy atom. The lowest BCUT2D eigenvalue weighted by Gasteiger charge is -2.29. The molecule has 2 unspecified atom stereocenters. The molecule has 2 aliphatic heterocycles.